The third-order valence-corrected chi connectivity index (χ3v) is 13.5. The van der Waals surface area contributed by atoms with Crippen molar-refractivity contribution in [2.75, 3.05) is 5.32 Å². The predicted octanol–water partition coefficient (Wildman–Crippen LogP) is 7.74. The van der Waals surface area contributed by atoms with E-state index in [9.17, 15) is 4.79 Å². The molecule has 1 unspecified atom stereocenters. The van der Waals surface area contributed by atoms with Crippen molar-refractivity contribution in [3.8, 4) is 0 Å². The van der Waals surface area contributed by atoms with Crippen LogP contribution >= 0.6 is 22.9 Å². The van der Waals surface area contributed by atoms with Gasteiger partial charge in [0.05, 0.1) is 20.9 Å². The summed E-state index contributed by atoms with van der Waals surface area (Å²) in [6.45, 7) is 17.7. The molecule has 0 aromatic carbocycles. The lowest BCUT2D eigenvalue weighted by molar-refractivity contribution is 0.104. The smallest absolute Gasteiger partial charge is 0.208 e. The van der Waals surface area contributed by atoms with Gasteiger partial charge in [-0.3, -0.25) is 4.79 Å². The number of nitrogens with zero attached hydrogens (tertiary/aromatic N) is 2. The highest BCUT2D eigenvalue weighted by Crippen LogP contribution is 2.42. The van der Waals surface area contributed by atoms with Crippen molar-refractivity contribution in [3.05, 3.63) is 38.9 Å². The molecule has 1 saturated carbocycles. The van der Waals surface area contributed by atoms with E-state index in [1.807, 2.05) is 13.0 Å². The van der Waals surface area contributed by atoms with Crippen molar-refractivity contribution in [1.82, 2.24) is 9.97 Å². The van der Waals surface area contributed by atoms with Crippen LogP contribution in [0.2, 0.25) is 22.5 Å². The molecule has 1 N–H and O–H groups in total. The fourth-order valence-electron chi connectivity index (χ4n) is 4.41. The van der Waals surface area contributed by atoms with Crippen LogP contribution < -0.4 is 5.32 Å². The number of anilines is 1. The van der Waals surface area contributed by atoms with E-state index in [0.717, 1.165) is 18.4 Å². The normalized spacial score (nSPS) is 22.4. The van der Waals surface area contributed by atoms with Crippen LogP contribution in [0.5, 0.6) is 0 Å². The summed E-state index contributed by atoms with van der Waals surface area (Å²) in [5.41, 5.74) is 1.36. The van der Waals surface area contributed by atoms with E-state index in [0.29, 0.717) is 38.5 Å². The number of rotatable bonds is 8. The van der Waals surface area contributed by atoms with E-state index >= 15 is 0 Å². The molecule has 1 aliphatic rings. The zero-order valence-electron chi connectivity index (χ0n) is 21.2. The maximum Gasteiger partial charge on any atom is 0.208 e. The van der Waals surface area contributed by atoms with Gasteiger partial charge in [-0.2, -0.15) is 0 Å². The number of aromatic nitrogens is 2. The summed E-state index contributed by atoms with van der Waals surface area (Å²) in [7, 11) is -1.97. The molecule has 2 heterocycles. The predicted molar refractivity (Wildman–Crippen MR) is 141 cm³/mol. The van der Waals surface area contributed by atoms with Crippen LogP contribution in [-0.4, -0.2) is 30.1 Å². The Morgan fingerprint density at radius 2 is 2.06 bits per heavy atom. The highest BCUT2D eigenvalue weighted by molar-refractivity contribution is 7.18. The first-order chi connectivity index (χ1) is 15.3. The van der Waals surface area contributed by atoms with E-state index in [1.54, 1.807) is 6.20 Å². The van der Waals surface area contributed by atoms with Crippen LogP contribution in [0.3, 0.4) is 0 Å². The van der Waals surface area contributed by atoms with Crippen LogP contribution in [-0.2, 0) is 4.43 Å². The molecule has 8 heteroatoms. The SMILES string of the molecule is CC[C@H]1C[C@@H](Nc2ncncc2C(=O)c2cc(C(C)O[Si](C)(C)C(C)(C)C)c(Cl)s2)C[C@@H]1C. The zero-order chi connectivity index (χ0) is 24.6. The highest BCUT2D eigenvalue weighted by Gasteiger charge is 2.39. The van der Waals surface area contributed by atoms with E-state index in [2.05, 4.69) is 63.0 Å². The topological polar surface area (TPSA) is 64.1 Å². The van der Waals surface area contributed by atoms with E-state index in [-0.39, 0.29) is 16.9 Å². The van der Waals surface area contributed by atoms with Gasteiger partial charge in [-0.05, 0) is 55.8 Å². The summed E-state index contributed by atoms with van der Waals surface area (Å²) in [6.07, 6.45) is 6.31. The first-order valence-electron chi connectivity index (χ1n) is 11.9. The maximum atomic E-state index is 13.5. The van der Waals surface area contributed by atoms with Crippen LogP contribution in [0.15, 0.2) is 18.6 Å². The molecule has 2 aromatic rings. The molecule has 0 saturated heterocycles. The second-order valence-electron chi connectivity index (χ2n) is 10.9. The lowest BCUT2D eigenvalue weighted by Crippen LogP contribution is -2.41. The first kappa shape index (κ1) is 26.3. The molecule has 1 fully saturated rings. The molecule has 0 radical (unpaired) electrons. The van der Waals surface area contributed by atoms with Gasteiger partial charge in [-0.1, -0.05) is 52.6 Å². The second-order valence-corrected chi connectivity index (χ2v) is 17.3. The minimum absolute atomic E-state index is 0.0961. The van der Waals surface area contributed by atoms with Gasteiger partial charge in [-0.15, -0.1) is 11.3 Å². The molecule has 182 valence electrons. The number of carbonyl (C=O) groups is 1. The Balaban J connectivity index is 1.80. The van der Waals surface area contributed by atoms with Crippen molar-refractivity contribution < 1.29 is 9.22 Å². The molecule has 33 heavy (non-hydrogen) atoms. The average Bonchev–Trinajstić information content (AvgIpc) is 3.28. The number of nitrogens with one attached hydrogen (secondary N) is 1. The summed E-state index contributed by atoms with van der Waals surface area (Å²) in [5, 5.41) is 3.62. The number of hydrogen-bond donors (Lipinski definition) is 1. The lowest BCUT2D eigenvalue weighted by Gasteiger charge is -2.38. The van der Waals surface area contributed by atoms with Gasteiger partial charge >= 0.3 is 0 Å². The van der Waals surface area contributed by atoms with Gasteiger partial charge in [0, 0.05) is 17.8 Å². The molecular weight excluding hydrogens is 470 g/mol. The van der Waals surface area contributed by atoms with Crippen LogP contribution in [0.25, 0.3) is 0 Å². The summed E-state index contributed by atoms with van der Waals surface area (Å²) in [6, 6.07) is 2.21. The van der Waals surface area contributed by atoms with Gasteiger partial charge < -0.3 is 9.74 Å². The third-order valence-electron chi connectivity index (χ3n) is 7.52. The fraction of sp³-hybridized carbons (Fsp3) is 0.640. The van der Waals surface area contributed by atoms with Crippen molar-refractivity contribution in [2.45, 2.75) is 91.1 Å². The summed E-state index contributed by atoms with van der Waals surface area (Å²) in [5.74, 6) is 1.90. The molecule has 0 bridgehead atoms. The number of thiophene rings is 1. The second kappa shape index (κ2) is 10.1. The number of hydrogen-bond acceptors (Lipinski definition) is 6. The van der Waals surface area contributed by atoms with E-state index in [4.69, 9.17) is 16.0 Å². The Bertz CT molecular complexity index is 988. The minimum atomic E-state index is -1.97. The molecule has 0 spiro atoms. The van der Waals surface area contributed by atoms with Gasteiger partial charge in [0.2, 0.25) is 5.78 Å². The van der Waals surface area contributed by atoms with Gasteiger partial charge in [0.1, 0.15) is 12.1 Å². The summed E-state index contributed by atoms with van der Waals surface area (Å²) in [4.78, 5) is 22.6. The summed E-state index contributed by atoms with van der Waals surface area (Å²) >= 11 is 7.90. The molecule has 0 amide bonds. The molecule has 5 nitrogen and oxygen atoms in total. The quantitative estimate of drug-likeness (QED) is 0.292. The first-order valence-corrected chi connectivity index (χ1v) is 16.0. The molecule has 3 rings (SSSR count). The van der Waals surface area contributed by atoms with Gasteiger partial charge in [-0.25, -0.2) is 9.97 Å². The zero-order valence-corrected chi connectivity index (χ0v) is 23.7. The fourth-order valence-corrected chi connectivity index (χ4v) is 7.16. The molecule has 2 aromatic heterocycles. The van der Waals surface area contributed by atoms with E-state index in [1.165, 1.54) is 24.1 Å². The maximum absolute atomic E-state index is 13.5. The average molecular weight is 508 g/mol. The Morgan fingerprint density at radius 3 is 2.67 bits per heavy atom. The largest absolute Gasteiger partial charge is 0.410 e. The molecular formula is C25H38ClN3O2SSi. The minimum Gasteiger partial charge on any atom is -0.410 e. The Labute approximate surface area is 208 Å². The Morgan fingerprint density at radius 1 is 1.36 bits per heavy atom. The van der Waals surface area contributed by atoms with Crippen LogP contribution in [0, 0.1) is 11.8 Å². The van der Waals surface area contributed by atoms with Crippen LogP contribution in [0.1, 0.15) is 87.7 Å². The van der Waals surface area contributed by atoms with Crippen molar-refractivity contribution in [2.24, 2.45) is 11.8 Å². The van der Waals surface area contributed by atoms with Crippen molar-refractivity contribution in [1.29, 1.82) is 0 Å². The standard InChI is InChI=1S/C25H38ClN3O2SSi/c1-9-17-11-18(10-15(17)2)29-24-20(13-27-14-28-24)22(30)21-12-19(23(26)32-21)16(3)31-33(7,8)25(4,5)6/h12-18H,9-11H2,1-8H3,(H,27,28,29)/t15-,16?,17-,18-/m0/s1. The number of ketones is 1. The molecule has 0 aliphatic heterocycles. The van der Waals surface area contributed by atoms with Gasteiger partial charge in [0.15, 0.2) is 8.32 Å². The lowest BCUT2D eigenvalue weighted by atomic mass is 9.96. The summed E-state index contributed by atoms with van der Waals surface area (Å²) < 4.78 is 7.13. The third kappa shape index (κ3) is 5.87. The number of carbonyl (C=O) groups excluding carboxylic acids is 1. The number of halogens is 1. The Kier molecular flexibility index (Phi) is 8.09. The van der Waals surface area contributed by atoms with Crippen molar-refractivity contribution >= 4 is 42.9 Å². The molecule has 1 aliphatic carbocycles. The van der Waals surface area contributed by atoms with Crippen molar-refractivity contribution in [3.63, 3.8) is 0 Å². The highest BCUT2D eigenvalue weighted by atomic mass is 35.5. The van der Waals surface area contributed by atoms with Gasteiger partial charge in [0.25, 0.3) is 0 Å². The monoisotopic (exact) mass is 507 g/mol. The molecule has 4 atom stereocenters. The van der Waals surface area contributed by atoms with Crippen LogP contribution in [0.4, 0.5) is 5.82 Å². The Hall–Kier alpha value is -1.28. The van der Waals surface area contributed by atoms with E-state index < -0.39 is 8.32 Å².